The maximum atomic E-state index is 3.71. The highest BCUT2D eigenvalue weighted by atomic mass is 14.2. The summed E-state index contributed by atoms with van der Waals surface area (Å²) in [6.45, 7) is 10.6. The molecule has 10 heavy (non-hydrogen) atoms. The van der Waals surface area contributed by atoms with E-state index in [1.807, 2.05) is 6.08 Å². The molecule has 0 aliphatic carbocycles. The molecule has 0 saturated heterocycles. The Morgan fingerprint density at radius 1 is 1.40 bits per heavy atom. The molecule has 0 unspecified atom stereocenters. The van der Waals surface area contributed by atoms with Gasteiger partial charge in [-0.05, 0) is 24.7 Å². The summed E-state index contributed by atoms with van der Waals surface area (Å²) < 4.78 is 0. The van der Waals surface area contributed by atoms with Gasteiger partial charge in [-0.3, -0.25) is 0 Å². The number of unbranched alkanes of at least 4 members (excludes halogenated alkanes) is 1. The molecule has 0 aromatic rings. The fraction of sp³-hybridized carbons (Fsp3) is 0.800. The van der Waals surface area contributed by atoms with E-state index < -0.39 is 0 Å². The van der Waals surface area contributed by atoms with Crippen molar-refractivity contribution in [1.29, 1.82) is 0 Å². The lowest BCUT2D eigenvalue weighted by Gasteiger charge is -2.21. The van der Waals surface area contributed by atoms with Gasteiger partial charge in [0.05, 0.1) is 0 Å². The van der Waals surface area contributed by atoms with Gasteiger partial charge in [-0.25, -0.2) is 0 Å². The first-order valence-electron chi connectivity index (χ1n) is 4.23. The molecule has 0 heteroatoms. The van der Waals surface area contributed by atoms with E-state index in [0.717, 1.165) is 0 Å². The topological polar surface area (TPSA) is 0 Å². The van der Waals surface area contributed by atoms with Crippen molar-refractivity contribution in [2.75, 3.05) is 0 Å². The van der Waals surface area contributed by atoms with E-state index >= 15 is 0 Å². The maximum Gasteiger partial charge on any atom is -0.0353 e. The zero-order valence-electron chi connectivity index (χ0n) is 7.61. The molecule has 0 aliphatic heterocycles. The Morgan fingerprint density at radius 2 is 2.00 bits per heavy atom. The average Bonchev–Trinajstić information content (AvgIpc) is 1.89. The average molecular weight is 140 g/mol. The lowest BCUT2D eigenvalue weighted by atomic mass is 9.85. The molecular weight excluding hydrogens is 120 g/mol. The fourth-order valence-electron chi connectivity index (χ4n) is 0.902. The molecule has 0 rings (SSSR count). The molecule has 0 amide bonds. The van der Waals surface area contributed by atoms with Gasteiger partial charge >= 0.3 is 0 Å². The number of hydrogen-bond acceptors (Lipinski definition) is 0. The van der Waals surface area contributed by atoms with Crippen molar-refractivity contribution in [3.05, 3.63) is 12.7 Å². The number of rotatable bonds is 5. The van der Waals surface area contributed by atoms with Crippen LogP contribution in [0.25, 0.3) is 0 Å². The fourth-order valence-corrected chi connectivity index (χ4v) is 0.902. The minimum Gasteiger partial charge on any atom is -0.103 e. The summed E-state index contributed by atoms with van der Waals surface area (Å²) in [5, 5.41) is 0. The molecular formula is C10H20. The van der Waals surface area contributed by atoms with E-state index in [4.69, 9.17) is 0 Å². The Bertz CT molecular complexity index is 90.2. The summed E-state index contributed by atoms with van der Waals surface area (Å²) in [7, 11) is 0. The first-order valence-corrected chi connectivity index (χ1v) is 4.23. The van der Waals surface area contributed by atoms with E-state index in [2.05, 4.69) is 27.4 Å². The maximum absolute atomic E-state index is 3.71. The van der Waals surface area contributed by atoms with Gasteiger partial charge in [0.2, 0.25) is 0 Å². The van der Waals surface area contributed by atoms with Crippen LogP contribution < -0.4 is 0 Å². The van der Waals surface area contributed by atoms with Crippen LogP contribution in [0.4, 0.5) is 0 Å². The molecule has 0 atom stereocenters. The van der Waals surface area contributed by atoms with Crippen molar-refractivity contribution in [2.45, 2.75) is 46.5 Å². The molecule has 60 valence electrons. The molecule has 0 heterocycles. The van der Waals surface area contributed by atoms with E-state index in [9.17, 15) is 0 Å². The molecule has 0 aromatic carbocycles. The first kappa shape index (κ1) is 9.74. The molecule has 0 aromatic heterocycles. The summed E-state index contributed by atoms with van der Waals surface area (Å²) in [4.78, 5) is 0. The second-order valence-corrected chi connectivity index (χ2v) is 3.70. The zero-order valence-corrected chi connectivity index (χ0v) is 7.61. The SMILES string of the molecule is C=CCCCC(C)(C)CC. The highest BCUT2D eigenvalue weighted by Gasteiger charge is 2.12. The van der Waals surface area contributed by atoms with Crippen molar-refractivity contribution in [2.24, 2.45) is 5.41 Å². The van der Waals surface area contributed by atoms with Gasteiger partial charge in [-0.1, -0.05) is 33.3 Å². The summed E-state index contributed by atoms with van der Waals surface area (Å²) in [5.74, 6) is 0. The van der Waals surface area contributed by atoms with E-state index in [1.165, 1.54) is 25.7 Å². The van der Waals surface area contributed by atoms with Gasteiger partial charge in [0.15, 0.2) is 0 Å². The molecule has 0 nitrogen and oxygen atoms in total. The third-order valence-corrected chi connectivity index (χ3v) is 2.22. The minimum absolute atomic E-state index is 0.545. The van der Waals surface area contributed by atoms with Gasteiger partial charge in [-0.2, -0.15) is 0 Å². The molecule has 0 radical (unpaired) electrons. The van der Waals surface area contributed by atoms with Crippen LogP contribution >= 0.6 is 0 Å². The Hall–Kier alpha value is -0.260. The minimum atomic E-state index is 0.545. The highest BCUT2D eigenvalue weighted by molar-refractivity contribution is 4.71. The quantitative estimate of drug-likeness (QED) is 0.402. The number of allylic oxidation sites excluding steroid dienone is 1. The summed E-state index contributed by atoms with van der Waals surface area (Å²) >= 11 is 0. The summed E-state index contributed by atoms with van der Waals surface area (Å²) in [6, 6.07) is 0. The predicted octanol–water partition coefficient (Wildman–Crippen LogP) is 3.78. The molecule has 0 saturated carbocycles. The van der Waals surface area contributed by atoms with Gasteiger partial charge < -0.3 is 0 Å². The van der Waals surface area contributed by atoms with Crippen LogP contribution in [-0.4, -0.2) is 0 Å². The summed E-state index contributed by atoms with van der Waals surface area (Å²) in [6.07, 6.45) is 7.08. The predicted molar refractivity (Wildman–Crippen MR) is 48.1 cm³/mol. The second-order valence-electron chi connectivity index (χ2n) is 3.70. The number of hydrogen-bond donors (Lipinski definition) is 0. The largest absolute Gasteiger partial charge is 0.103 e. The molecule has 0 N–H and O–H groups in total. The highest BCUT2D eigenvalue weighted by Crippen LogP contribution is 2.26. The van der Waals surface area contributed by atoms with E-state index in [-0.39, 0.29) is 0 Å². The standard InChI is InChI=1S/C10H20/c1-5-7-8-9-10(3,4)6-2/h5H,1,6-9H2,2-4H3. The van der Waals surface area contributed by atoms with Crippen LogP contribution in [0.2, 0.25) is 0 Å². The third kappa shape index (κ3) is 4.60. The van der Waals surface area contributed by atoms with Gasteiger partial charge in [0, 0.05) is 0 Å². The van der Waals surface area contributed by atoms with Crippen molar-refractivity contribution in [1.82, 2.24) is 0 Å². The Labute approximate surface area is 65.3 Å². The molecule has 0 fully saturated rings. The smallest absolute Gasteiger partial charge is 0.0353 e. The van der Waals surface area contributed by atoms with Crippen LogP contribution in [0.5, 0.6) is 0 Å². The monoisotopic (exact) mass is 140 g/mol. The van der Waals surface area contributed by atoms with E-state index in [1.54, 1.807) is 0 Å². The Balaban J connectivity index is 3.36. The Morgan fingerprint density at radius 3 is 2.40 bits per heavy atom. The van der Waals surface area contributed by atoms with E-state index in [0.29, 0.717) is 5.41 Å². The third-order valence-electron chi connectivity index (χ3n) is 2.22. The Kier molecular flexibility index (Phi) is 4.42. The van der Waals surface area contributed by atoms with Crippen molar-refractivity contribution in [3.8, 4) is 0 Å². The van der Waals surface area contributed by atoms with Crippen LogP contribution in [0, 0.1) is 5.41 Å². The van der Waals surface area contributed by atoms with Crippen LogP contribution in [-0.2, 0) is 0 Å². The van der Waals surface area contributed by atoms with Crippen molar-refractivity contribution < 1.29 is 0 Å². The van der Waals surface area contributed by atoms with Crippen LogP contribution in [0.1, 0.15) is 46.5 Å². The summed E-state index contributed by atoms with van der Waals surface area (Å²) in [5.41, 5.74) is 0.545. The normalized spacial score (nSPS) is 11.5. The van der Waals surface area contributed by atoms with Crippen LogP contribution in [0.15, 0.2) is 12.7 Å². The van der Waals surface area contributed by atoms with Crippen molar-refractivity contribution in [3.63, 3.8) is 0 Å². The van der Waals surface area contributed by atoms with Gasteiger partial charge in [0.1, 0.15) is 0 Å². The second kappa shape index (κ2) is 4.54. The van der Waals surface area contributed by atoms with Gasteiger partial charge in [-0.15, -0.1) is 6.58 Å². The molecule has 0 aliphatic rings. The zero-order chi connectivity index (χ0) is 8.04. The molecule has 0 spiro atoms. The van der Waals surface area contributed by atoms with Crippen LogP contribution in [0.3, 0.4) is 0 Å². The lowest BCUT2D eigenvalue weighted by molar-refractivity contribution is 0.314. The van der Waals surface area contributed by atoms with Crippen molar-refractivity contribution >= 4 is 0 Å². The van der Waals surface area contributed by atoms with Gasteiger partial charge in [0.25, 0.3) is 0 Å². The lowest BCUT2D eigenvalue weighted by Crippen LogP contribution is -2.08. The molecule has 0 bridgehead atoms. The first-order chi connectivity index (χ1) is 4.62.